The van der Waals surface area contributed by atoms with Crippen molar-refractivity contribution < 1.29 is 4.74 Å². The predicted molar refractivity (Wildman–Crippen MR) is 84.2 cm³/mol. The van der Waals surface area contributed by atoms with Crippen LogP contribution in [0.1, 0.15) is 31.4 Å². The molecule has 1 saturated heterocycles. The molecule has 110 valence electrons. The molecule has 1 aromatic rings. The van der Waals surface area contributed by atoms with Crippen LogP contribution in [0.4, 0.5) is 0 Å². The molecule has 2 rings (SSSR count). The van der Waals surface area contributed by atoms with Gasteiger partial charge in [-0.3, -0.25) is 4.90 Å². The summed E-state index contributed by atoms with van der Waals surface area (Å²) in [5, 5.41) is 3.42. The summed E-state index contributed by atoms with van der Waals surface area (Å²) >= 11 is 0. The minimum atomic E-state index is 0.468. The van der Waals surface area contributed by atoms with Gasteiger partial charge in [0, 0.05) is 32.2 Å². The third kappa shape index (κ3) is 4.09. The largest absolute Gasteiger partial charge is 0.494 e. The van der Waals surface area contributed by atoms with Crippen molar-refractivity contribution in [3.8, 4) is 5.75 Å². The van der Waals surface area contributed by atoms with Gasteiger partial charge in [0.15, 0.2) is 0 Å². The minimum Gasteiger partial charge on any atom is -0.494 e. The average molecular weight is 274 g/mol. The summed E-state index contributed by atoms with van der Waals surface area (Å²) in [5.74, 6) is 0.976. The fraction of sp³-hybridized carbons (Fsp3) is 0.529. The van der Waals surface area contributed by atoms with Gasteiger partial charge in [-0.2, -0.15) is 0 Å². The van der Waals surface area contributed by atoms with E-state index in [0.717, 1.165) is 44.8 Å². The van der Waals surface area contributed by atoms with E-state index in [0.29, 0.717) is 12.6 Å². The van der Waals surface area contributed by atoms with Crippen molar-refractivity contribution in [3.05, 3.63) is 42.5 Å². The second-order valence-electron chi connectivity index (χ2n) is 5.17. The molecule has 3 nitrogen and oxygen atoms in total. The van der Waals surface area contributed by atoms with E-state index in [2.05, 4.69) is 35.0 Å². The lowest BCUT2D eigenvalue weighted by Crippen LogP contribution is -2.45. The first kappa shape index (κ1) is 15.1. The molecule has 3 heteroatoms. The van der Waals surface area contributed by atoms with Gasteiger partial charge in [0.25, 0.3) is 0 Å². The molecule has 20 heavy (non-hydrogen) atoms. The van der Waals surface area contributed by atoms with Gasteiger partial charge in [-0.25, -0.2) is 0 Å². The molecule has 1 N–H and O–H groups in total. The zero-order valence-electron chi connectivity index (χ0n) is 12.5. The Morgan fingerprint density at radius 2 is 2.20 bits per heavy atom. The Kier molecular flexibility index (Phi) is 6.09. The lowest BCUT2D eigenvalue weighted by atomic mass is 9.99. The van der Waals surface area contributed by atoms with E-state index in [-0.39, 0.29) is 0 Å². The zero-order valence-corrected chi connectivity index (χ0v) is 12.5. The maximum atomic E-state index is 5.64. The van der Waals surface area contributed by atoms with E-state index >= 15 is 0 Å². The molecular weight excluding hydrogens is 248 g/mol. The first-order valence-electron chi connectivity index (χ1n) is 7.63. The van der Waals surface area contributed by atoms with Crippen LogP contribution >= 0.6 is 0 Å². The Hall–Kier alpha value is -1.32. The van der Waals surface area contributed by atoms with Crippen LogP contribution in [0.15, 0.2) is 36.9 Å². The molecule has 1 aliphatic heterocycles. The fourth-order valence-corrected chi connectivity index (χ4v) is 2.81. The molecule has 1 aromatic carbocycles. The highest BCUT2D eigenvalue weighted by molar-refractivity contribution is 5.30. The number of allylic oxidation sites excluding steroid dienone is 1. The number of ether oxygens (including phenoxy) is 1. The maximum absolute atomic E-state index is 5.64. The van der Waals surface area contributed by atoms with Crippen molar-refractivity contribution >= 4 is 0 Å². The minimum absolute atomic E-state index is 0.468. The number of rotatable bonds is 7. The number of hydrogen-bond donors (Lipinski definition) is 1. The van der Waals surface area contributed by atoms with Crippen LogP contribution in [-0.4, -0.2) is 37.7 Å². The first-order valence-corrected chi connectivity index (χ1v) is 7.63. The molecular formula is C17H26N2O. The van der Waals surface area contributed by atoms with E-state index in [1.807, 2.05) is 19.1 Å². The molecule has 1 atom stereocenters. The van der Waals surface area contributed by atoms with Gasteiger partial charge in [0.1, 0.15) is 5.75 Å². The van der Waals surface area contributed by atoms with Gasteiger partial charge < -0.3 is 10.1 Å². The summed E-state index contributed by atoms with van der Waals surface area (Å²) in [5.41, 5.74) is 1.36. The lowest BCUT2D eigenvalue weighted by molar-refractivity contribution is 0.166. The molecule has 1 fully saturated rings. The van der Waals surface area contributed by atoms with Crippen molar-refractivity contribution in [2.75, 3.05) is 32.8 Å². The van der Waals surface area contributed by atoms with E-state index in [4.69, 9.17) is 4.74 Å². The number of nitrogens with one attached hydrogen (secondary N) is 1. The highest BCUT2D eigenvalue weighted by Crippen LogP contribution is 2.28. The van der Waals surface area contributed by atoms with Crippen LogP contribution in [-0.2, 0) is 0 Å². The van der Waals surface area contributed by atoms with Crippen molar-refractivity contribution in [3.63, 3.8) is 0 Å². The van der Waals surface area contributed by atoms with Gasteiger partial charge in [-0.05, 0) is 37.5 Å². The average Bonchev–Trinajstić information content (AvgIpc) is 2.50. The summed E-state index contributed by atoms with van der Waals surface area (Å²) in [6.07, 6.45) is 4.19. The molecule has 0 radical (unpaired) electrons. The predicted octanol–water partition coefficient (Wildman–Crippen LogP) is 3.00. The summed E-state index contributed by atoms with van der Waals surface area (Å²) in [6, 6.07) is 9.02. The molecule has 0 unspecified atom stereocenters. The second-order valence-corrected chi connectivity index (χ2v) is 5.17. The van der Waals surface area contributed by atoms with Crippen molar-refractivity contribution in [1.82, 2.24) is 10.2 Å². The summed E-state index contributed by atoms with van der Waals surface area (Å²) < 4.78 is 5.64. The maximum Gasteiger partial charge on any atom is 0.119 e. The van der Waals surface area contributed by atoms with Crippen molar-refractivity contribution in [1.29, 1.82) is 0 Å². The van der Waals surface area contributed by atoms with Gasteiger partial charge in [-0.15, -0.1) is 6.58 Å². The topological polar surface area (TPSA) is 24.5 Å². The molecule has 1 aliphatic rings. The summed E-state index contributed by atoms with van der Waals surface area (Å²) in [6.45, 7) is 11.0. The van der Waals surface area contributed by atoms with Gasteiger partial charge in [0.2, 0.25) is 0 Å². The number of piperazine rings is 1. The Labute approximate surface area is 122 Å². The monoisotopic (exact) mass is 274 g/mol. The van der Waals surface area contributed by atoms with Crippen LogP contribution < -0.4 is 10.1 Å². The molecule has 0 aromatic heterocycles. The van der Waals surface area contributed by atoms with Gasteiger partial charge >= 0.3 is 0 Å². The summed E-state index contributed by atoms with van der Waals surface area (Å²) in [7, 11) is 0. The Balaban J connectivity index is 2.15. The van der Waals surface area contributed by atoms with Crippen molar-refractivity contribution in [2.45, 2.75) is 25.8 Å². The van der Waals surface area contributed by atoms with Crippen molar-refractivity contribution in [2.24, 2.45) is 0 Å². The van der Waals surface area contributed by atoms with Gasteiger partial charge in [-0.1, -0.05) is 18.2 Å². The van der Waals surface area contributed by atoms with Crippen LogP contribution in [0.25, 0.3) is 0 Å². The molecule has 0 aliphatic carbocycles. The van der Waals surface area contributed by atoms with Crippen LogP contribution in [0.2, 0.25) is 0 Å². The lowest BCUT2D eigenvalue weighted by Gasteiger charge is -2.35. The van der Waals surface area contributed by atoms with E-state index in [1.165, 1.54) is 5.56 Å². The summed E-state index contributed by atoms with van der Waals surface area (Å²) in [4.78, 5) is 2.57. The SMILES string of the molecule is C=CCC[C@H](c1cccc(OCC)c1)N1CCNCC1. The van der Waals surface area contributed by atoms with Crippen LogP contribution in [0, 0.1) is 0 Å². The van der Waals surface area contributed by atoms with E-state index < -0.39 is 0 Å². The third-order valence-corrected chi connectivity index (χ3v) is 3.79. The highest BCUT2D eigenvalue weighted by Gasteiger charge is 2.21. The normalized spacial score (nSPS) is 17.6. The standard InChI is InChI=1S/C17H26N2O/c1-3-5-9-17(19-12-10-18-11-13-19)15-7-6-8-16(14-15)20-4-2/h3,6-8,14,17-18H,1,4-5,9-13H2,2H3/t17-/m1/s1. The number of nitrogens with zero attached hydrogens (tertiary/aromatic N) is 1. The second kappa shape index (κ2) is 8.08. The molecule has 1 heterocycles. The first-order chi connectivity index (χ1) is 9.85. The quantitative estimate of drug-likeness (QED) is 0.774. The van der Waals surface area contributed by atoms with E-state index in [1.54, 1.807) is 0 Å². The van der Waals surface area contributed by atoms with Gasteiger partial charge in [0.05, 0.1) is 6.61 Å². The number of benzene rings is 1. The van der Waals surface area contributed by atoms with Crippen LogP contribution in [0.3, 0.4) is 0 Å². The third-order valence-electron chi connectivity index (χ3n) is 3.79. The molecule has 0 amide bonds. The zero-order chi connectivity index (χ0) is 14.2. The Morgan fingerprint density at radius 3 is 2.90 bits per heavy atom. The smallest absolute Gasteiger partial charge is 0.119 e. The fourth-order valence-electron chi connectivity index (χ4n) is 2.81. The van der Waals surface area contributed by atoms with Crippen LogP contribution in [0.5, 0.6) is 5.75 Å². The molecule has 0 bridgehead atoms. The van der Waals surface area contributed by atoms with E-state index in [9.17, 15) is 0 Å². The Morgan fingerprint density at radius 1 is 1.40 bits per heavy atom. The number of hydrogen-bond acceptors (Lipinski definition) is 3. The highest BCUT2D eigenvalue weighted by atomic mass is 16.5. The molecule has 0 saturated carbocycles. The Bertz CT molecular complexity index is 413. The molecule has 0 spiro atoms.